The van der Waals surface area contributed by atoms with Crippen molar-refractivity contribution in [2.45, 2.75) is 18.9 Å². The SMILES string of the molecule is CN=C(NCc1ccc(-n2ccnc2)nc1)N1CCC(c2ccccc2)C1. The lowest BCUT2D eigenvalue weighted by atomic mass is 9.99. The van der Waals surface area contributed by atoms with Gasteiger partial charge in [-0.05, 0) is 23.6 Å². The van der Waals surface area contributed by atoms with Gasteiger partial charge < -0.3 is 10.2 Å². The molecule has 6 heteroatoms. The third-order valence-corrected chi connectivity index (χ3v) is 5.00. The predicted molar refractivity (Wildman–Crippen MR) is 107 cm³/mol. The summed E-state index contributed by atoms with van der Waals surface area (Å²) in [5.74, 6) is 2.39. The molecule has 1 atom stereocenters. The number of guanidine groups is 1. The van der Waals surface area contributed by atoms with E-state index in [9.17, 15) is 0 Å². The van der Waals surface area contributed by atoms with E-state index >= 15 is 0 Å². The van der Waals surface area contributed by atoms with Crippen molar-refractivity contribution in [3.8, 4) is 5.82 Å². The quantitative estimate of drug-likeness (QED) is 0.574. The van der Waals surface area contributed by atoms with Crippen LogP contribution in [0.4, 0.5) is 0 Å². The molecule has 2 aromatic heterocycles. The Balaban J connectivity index is 1.34. The summed E-state index contributed by atoms with van der Waals surface area (Å²) in [5.41, 5.74) is 2.54. The van der Waals surface area contributed by atoms with Gasteiger partial charge in [-0.25, -0.2) is 9.97 Å². The average molecular weight is 360 g/mol. The van der Waals surface area contributed by atoms with Crippen LogP contribution in [0.25, 0.3) is 5.82 Å². The van der Waals surface area contributed by atoms with E-state index in [0.717, 1.165) is 36.9 Å². The second-order valence-electron chi connectivity index (χ2n) is 6.74. The van der Waals surface area contributed by atoms with Crippen LogP contribution in [-0.4, -0.2) is 45.5 Å². The third-order valence-electron chi connectivity index (χ3n) is 5.00. The molecule has 3 aromatic rings. The molecule has 0 radical (unpaired) electrons. The van der Waals surface area contributed by atoms with Crippen LogP contribution >= 0.6 is 0 Å². The lowest BCUT2D eigenvalue weighted by molar-refractivity contribution is 0.486. The van der Waals surface area contributed by atoms with E-state index in [2.05, 4.69) is 61.6 Å². The molecular weight excluding hydrogens is 336 g/mol. The molecule has 1 N–H and O–H groups in total. The van der Waals surface area contributed by atoms with E-state index in [1.807, 2.05) is 30.1 Å². The number of likely N-dealkylation sites (tertiary alicyclic amines) is 1. The Hall–Kier alpha value is -3.15. The molecule has 1 fully saturated rings. The number of benzene rings is 1. The molecule has 1 unspecified atom stereocenters. The van der Waals surface area contributed by atoms with Gasteiger partial charge in [0, 0.05) is 51.2 Å². The summed E-state index contributed by atoms with van der Waals surface area (Å²) in [6.07, 6.45) is 8.44. The Morgan fingerprint density at radius 1 is 1.22 bits per heavy atom. The fraction of sp³-hybridized carbons (Fsp3) is 0.286. The van der Waals surface area contributed by atoms with Gasteiger partial charge in [0.15, 0.2) is 5.96 Å². The molecule has 1 saturated heterocycles. The van der Waals surface area contributed by atoms with Crippen LogP contribution in [0, 0.1) is 0 Å². The van der Waals surface area contributed by atoms with E-state index in [1.165, 1.54) is 5.56 Å². The third kappa shape index (κ3) is 4.00. The molecule has 1 aliphatic heterocycles. The maximum absolute atomic E-state index is 4.50. The van der Waals surface area contributed by atoms with Crippen LogP contribution in [0.15, 0.2) is 72.4 Å². The van der Waals surface area contributed by atoms with Crippen LogP contribution in [0.2, 0.25) is 0 Å². The zero-order valence-electron chi connectivity index (χ0n) is 15.5. The molecule has 0 amide bonds. The van der Waals surface area contributed by atoms with Gasteiger partial charge >= 0.3 is 0 Å². The first kappa shape index (κ1) is 17.3. The largest absolute Gasteiger partial charge is 0.352 e. The van der Waals surface area contributed by atoms with E-state index < -0.39 is 0 Å². The Bertz CT molecular complexity index is 871. The molecule has 6 nitrogen and oxygen atoms in total. The lowest BCUT2D eigenvalue weighted by Gasteiger charge is -2.22. The second-order valence-corrected chi connectivity index (χ2v) is 6.74. The van der Waals surface area contributed by atoms with Crippen molar-refractivity contribution in [2.75, 3.05) is 20.1 Å². The minimum Gasteiger partial charge on any atom is -0.352 e. The normalized spacial score (nSPS) is 17.3. The minimum atomic E-state index is 0.570. The molecule has 0 saturated carbocycles. The van der Waals surface area contributed by atoms with Crippen LogP contribution in [-0.2, 0) is 6.54 Å². The highest BCUT2D eigenvalue weighted by Gasteiger charge is 2.25. The van der Waals surface area contributed by atoms with Gasteiger partial charge in [-0.1, -0.05) is 36.4 Å². The van der Waals surface area contributed by atoms with Gasteiger partial charge in [0.05, 0.1) is 0 Å². The van der Waals surface area contributed by atoms with E-state index in [-0.39, 0.29) is 0 Å². The standard InChI is InChI=1S/C21H24N6/c1-22-21(26-11-9-19(15-26)18-5-3-2-4-6-18)25-14-17-7-8-20(24-13-17)27-12-10-23-16-27/h2-8,10,12-13,16,19H,9,11,14-15H2,1H3,(H,22,25). The summed E-state index contributed by atoms with van der Waals surface area (Å²) >= 11 is 0. The first-order chi connectivity index (χ1) is 13.3. The first-order valence-electron chi connectivity index (χ1n) is 9.27. The van der Waals surface area contributed by atoms with Crippen LogP contribution in [0.3, 0.4) is 0 Å². The maximum atomic E-state index is 4.50. The Morgan fingerprint density at radius 2 is 2.11 bits per heavy atom. The number of nitrogens with one attached hydrogen (secondary N) is 1. The summed E-state index contributed by atoms with van der Waals surface area (Å²) < 4.78 is 1.89. The van der Waals surface area contributed by atoms with Crippen molar-refractivity contribution in [2.24, 2.45) is 4.99 Å². The second kappa shape index (κ2) is 8.03. The van der Waals surface area contributed by atoms with E-state index in [1.54, 1.807) is 12.5 Å². The lowest BCUT2D eigenvalue weighted by Crippen LogP contribution is -2.39. The molecule has 1 aliphatic rings. The average Bonchev–Trinajstić information content (AvgIpc) is 3.42. The van der Waals surface area contributed by atoms with Crippen molar-refractivity contribution in [1.82, 2.24) is 24.8 Å². The van der Waals surface area contributed by atoms with Gasteiger partial charge in [-0.3, -0.25) is 9.56 Å². The summed E-state index contributed by atoms with van der Waals surface area (Å²) in [7, 11) is 1.85. The van der Waals surface area contributed by atoms with Crippen LogP contribution in [0.5, 0.6) is 0 Å². The maximum Gasteiger partial charge on any atom is 0.193 e. The van der Waals surface area contributed by atoms with Crippen molar-refractivity contribution in [1.29, 1.82) is 0 Å². The van der Waals surface area contributed by atoms with Crippen LogP contribution < -0.4 is 5.32 Å². The number of hydrogen-bond acceptors (Lipinski definition) is 3. The van der Waals surface area contributed by atoms with E-state index in [0.29, 0.717) is 12.5 Å². The van der Waals surface area contributed by atoms with Gasteiger partial charge in [-0.2, -0.15) is 0 Å². The van der Waals surface area contributed by atoms with Crippen molar-refractivity contribution < 1.29 is 0 Å². The Labute approximate surface area is 159 Å². The molecule has 0 bridgehead atoms. The molecule has 27 heavy (non-hydrogen) atoms. The number of rotatable bonds is 4. The fourth-order valence-electron chi connectivity index (χ4n) is 3.53. The van der Waals surface area contributed by atoms with Crippen molar-refractivity contribution >= 4 is 5.96 Å². The van der Waals surface area contributed by atoms with Gasteiger partial charge in [0.2, 0.25) is 0 Å². The number of pyridine rings is 1. The number of hydrogen-bond donors (Lipinski definition) is 1. The van der Waals surface area contributed by atoms with Crippen molar-refractivity contribution in [3.63, 3.8) is 0 Å². The highest BCUT2D eigenvalue weighted by molar-refractivity contribution is 5.80. The number of aromatic nitrogens is 3. The Kier molecular flexibility index (Phi) is 5.14. The smallest absolute Gasteiger partial charge is 0.193 e. The summed E-state index contributed by atoms with van der Waals surface area (Å²) in [5, 5.41) is 3.47. The first-order valence-corrected chi connectivity index (χ1v) is 9.27. The molecular formula is C21H24N6. The number of aliphatic imine (C=N–C) groups is 1. The number of imidazole rings is 1. The molecule has 4 rings (SSSR count). The van der Waals surface area contributed by atoms with Gasteiger partial charge in [0.1, 0.15) is 12.1 Å². The van der Waals surface area contributed by atoms with Crippen molar-refractivity contribution in [3.05, 3.63) is 78.5 Å². The van der Waals surface area contributed by atoms with Gasteiger partial charge in [-0.15, -0.1) is 0 Å². The Morgan fingerprint density at radius 3 is 2.81 bits per heavy atom. The summed E-state index contributed by atoms with van der Waals surface area (Å²) in [6, 6.07) is 14.8. The van der Waals surface area contributed by atoms with Gasteiger partial charge in [0.25, 0.3) is 0 Å². The highest BCUT2D eigenvalue weighted by atomic mass is 15.3. The molecule has 138 valence electrons. The topological polar surface area (TPSA) is 58.3 Å². The summed E-state index contributed by atoms with van der Waals surface area (Å²) in [4.78, 5) is 15.4. The fourth-order valence-corrected chi connectivity index (χ4v) is 3.53. The predicted octanol–water partition coefficient (Wildman–Crippen LogP) is 2.83. The summed E-state index contributed by atoms with van der Waals surface area (Å²) in [6.45, 7) is 2.73. The number of nitrogens with zero attached hydrogens (tertiary/aromatic N) is 5. The highest BCUT2D eigenvalue weighted by Crippen LogP contribution is 2.26. The molecule has 0 spiro atoms. The molecule has 3 heterocycles. The zero-order valence-corrected chi connectivity index (χ0v) is 15.5. The molecule has 1 aromatic carbocycles. The molecule has 0 aliphatic carbocycles. The van der Waals surface area contributed by atoms with Crippen LogP contribution in [0.1, 0.15) is 23.5 Å². The monoisotopic (exact) mass is 360 g/mol. The zero-order chi connectivity index (χ0) is 18.5. The van der Waals surface area contributed by atoms with E-state index in [4.69, 9.17) is 0 Å². The minimum absolute atomic E-state index is 0.570.